The Balaban J connectivity index is 2.33. The Kier molecular flexibility index (Phi) is 3.94. The van der Waals surface area contributed by atoms with E-state index in [0.29, 0.717) is 6.61 Å². The Labute approximate surface area is 107 Å². The van der Waals surface area contributed by atoms with Crippen molar-refractivity contribution in [2.45, 2.75) is 6.92 Å². The molecule has 2 rings (SSSR count). The predicted molar refractivity (Wildman–Crippen MR) is 71.1 cm³/mol. The van der Waals surface area contributed by atoms with Crippen LogP contribution >= 0.6 is 0 Å². The number of methoxy groups -OCH3 is 1. The minimum Gasteiger partial charge on any atom is -0.383 e. The minimum atomic E-state index is 0.640. The quantitative estimate of drug-likeness (QED) is 0.808. The van der Waals surface area contributed by atoms with Gasteiger partial charge in [-0.1, -0.05) is 12.1 Å². The van der Waals surface area contributed by atoms with E-state index in [1.165, 1.54) is 5.56 Å². The highest BCUT2D eigenvalue weighted by Crippen LogP contribution is 2.23. The molecule has 0 radical (unpaired) electrons. The molecule has 18 heavy (non-hydrogen) atoms. The molecule has 0 spiro atoms. The van der Waals surface area contributed by atoms with Gasteiger partial charge >= 0.3 is 0 Å². The van der Waals surface area contributed by atoms with Crippen molar-refractivity contribution in [3.63, 3.8) is 0 Å². The van der Waals surface area contributed by atoms with Gasteiger partial charge in [0.05, 0.1) is 6.61 Å². The third kappa shape index (κ3) is 2.68. The SMILES string of the molecule is COCCN(c1cccc(C)c1)c1nncn1C. The standard InChI is InChI=1S/C13H18N4O/c1-11-5-4-6-12(9-11)17(7-8-18-3)13-15-14-10-16(13)2/h4-6,9-10H,7-8H2,1-3H3. The first-order valence-electron chi connectivity index (χ1n) is 5.89. The van der Waals surface area contributed by atoms with Gasteiger partial charge in [0.1, 0.15) is 6.33 Å². The molecule has 0 aliphatic carbocycles. The molecule has 5 nitrogen and oxygen atoms in total. The fourth-order valence-electron chi connectivity index (χ4n) is 1.84. The van der Waals surface area contributed by atoms with Gasteiger partial charge in [-0.25, -0.2) is 0 Å². The maximum Gasteiger partial charge on any atom is 0.231 e. The minimum absolute atomic E-state index is 0.640. The third-order valence-corrected chi connectivity index (χ3v) is 2.76. The Morgan fingerprint density at radius 3 is 2.83 bits per heavy atom. The van der Waals surface area contributed by atoms with Crippen LogP contribution in [-0.2, 0) is 11.8 Å². The summed E-state index contributed by atoms with van der Waals surface area (Å²) in [7, 11) is 3.63. The fourth-order valence-corrected chi connectivity index (χ4v) is 1.84. The first kappa shape index (κ1) is 12.6. The highest BCUT2D eigenvalue weighted by molar-refractivity contribution is 5.58. The van der Waals surface area contributed by atoms with E-state index in [-0.39, 0.29) is 0 Å². The van der Waals surface area contributed by atoms with Gasteiger partial charge in [-0.15, -0.1) is 10.2 Å². The Morgan fingerprint density at radius 1 is 1.39 bits per heavy atom. The van der Waals surface area contributed by atoms with Gasteiger partial charge in [0.25, 0.3) is 0 Å². The third-order valence-electron chi connectivity index (χ3n) is 2.76. The monoisotopic (exact) mass is 246 g/mol. The second-order valence-electron chi connectivity index (χ2n) is 4.23. The molecule has 0 amide bonds. The smallest absolute Gasteiger partial charge is 0.231 e. The summed E-state index contributed by atoms with van der Waals surface area (Å²) in [5.41, 5.74) is 2.32. The summed E-state index contributed by atoms with van der Waals surface area (Å²) in [4.78, 5) is 2.10. The van der Waals surface area contributed by atoms with Crippen LogP contribution < -0.4 is 4.90 Å². The molecule has 5 heteroatoms. The molecular weight excluding hydrogens is 228 g/mol. The molecule has 0 N–H and O–H groups in total. The molecule has 0 saturated heterocycles. The van der Waals surface area contributed by atoms with E-state index in [4.69, 9.17) is 4.74 Å². The summed E-state index contributed by atoms with van der Waals surface area (Å²) in [5, 5.41) is 8.09. The zero-order valence-corrected chi connectivity index (χ0v) is 11.0. The van der Waals surface area contributed by atoms with Crippen LogP contribution in [0.1, 0.15) is 5.56 Å². The highest BCUT2D eigenvalue weighted by Gasteiger charge is 2.14. The summed E-state index contributed by atoms with van der Waals surface area (Å²) < 4.78 is 7.06. The van der Waals surface area contributed by atoms with Gasteiger partial charge in [-0.3, -0.25) is 0 Å². The Hall–Kier alpha value is -1.88. The lowest BCUT2D eigenvalue weighted by Crippen LogP contribution is -2.24. The van der Waals surface area contributed by atoms with E-state index in [2.05, 4.69) is 40.2 Å². The van der Waals surface area contributed by atoms with Crippen molar-refractivity contribution in [2.24, 2.45) is 7.05 Å². The zero-order valence-electron chi connectivity index (χ0n) is 11.0. The number of benzene rings is 1. The van der Waals surface area contributed by atoms with E-state index < -0.39 is 0 Å². The van der Waals surface area contributed by atoms with Crippen LogP contribution in [0.3, 0.4) is 0 Å². The number of hydrogen-bond acceptors (Lipinski definition) is 4. The molecule has 2 aromatic rings. The molecule has 96 valence electrons. The lowest BCUT2D eigenvalue weighted by molar-refractivity contribution is 0.207. The van der Waals surface area contributed by atoms with E-state index in [1.54, 1.807) is 13.4 Å². The van der Waals surface area contributed by atoms with Crippen LogP contribution in [0.25, 0.3) is 0 Å². The van der Waals surface area contributed by atoms with Crippen LogP contribution in [0.4, 0.5) is 11.6 Å². The summed E-state index contributed by atoms with van der Waals surface area (Å²) >= 11 is 0. The molecule has 1 heterocycles. The fraction of sp³-hybridized carbons (Fsp3) is 0.385. The average Bonchev–Trinajstić information content (AvgIpc) is 2.77. The average molecular weight is 246 g/mol. The molecule has 1 aromatic carbocycles. The molecule has 0 aliphatic heterocycles. The number of anilines is 2. The van der Waals surface area contributed by atoms with E-state index in [0.717, 1.165) is 18.2 Å². The summed E-state index contributed by atoms with van der Waals surface area (Å²) in [6.45, 7) is 3.46. The summed E-state index contributed by atoms with van der Waals surface area (Å²) in [6, 6.07) is 8.32. The van der Waals surface area contributed by atoms with Crippen LogP contribution in [0, 0.1) is 6.92 Å². The Bertz CT molecular complexity index is 509. The van der Waals surface area contributed by atoms with Crippen molar-refractivity contribution >= 4 is 11.6 Å². The number of hydrogen-bond donors (Lipinski definition) is 0. The van der Waals surface area contributed by atoms with Gasteiger partial charge in [-0.05, 0) is 24.6 Å². The first-order chi connectivity index (χ1) is 8.72. The van der Waals surface area contributed by atoms with Crippen LogP contribution in [0.2, 0.25) is 0 Å². The van der Waals surface area contributed by atoms with Crippen LogP contribution in [0.15, 0.2) is 30.6 Å². The van der Waals surface area contributed by atoms with Gasteiger partial charge in [0.15, 0.2) is 0 Å². The maximum atomic E-state index is 5.16. The highest BCUT2D eigenvalue weighted by atomic mass is 16.5. The normalized spacial score (nSPS) is 10.6. The van der Waals surface area contributed by atoms with Crippen molar-refractivity contribution in [2.75, 3.05) is 25.2 Å². The van der Waals surface area contributed by atoms with Crippen molar-refractivity contribution in [3.05, 3.63) is 36.2 Å². The molecule has 0 bridgehead atoms. The molecule has 0 atom stereocenters. The molecule has 0 unspecified atom stereocenters. The van der Waals surface area contributed by atoms with E-state index in [1.807, 2.05) is 17.7 Å². The van der Waals surface area contributed by atoms with E-state index in [9.17, 15) is 0 Å². The lowest BCUT2D eigenvalue weighted by Gasteiger charge is -2.23. The molecule has 0 aliphatic rings. The second kappa shape index (κ2) is 5.64. The number of nitrogens with zero attached hydrogens (tertiary/aromatic N) is 4. The second-order valence-corrected chi connectivity index (χ2v) is 4.23. The van der Waals surface area contributed by atoms with Gasteiger partial charge < -0.3 is 14.2 Å². The van der Waals surface area contributed by atoms with E-state index >= 15 is 0 Å². The number of ether oxygens (including phenoxy) is 1. The number of aryl methyl sites for hydroxylation is 2. The molecule has 0 saturated carbocycles. The molecular formula is C13H18N4O. The number of aromatic nitrogens is 3. The zero-order chi connectivity index (χ0) is 13.0. The summed E-state index contributed by atoms with van der Waals surface area (Å²) in [5.74, 6) is 0.817. The molecule has 1 aromatic heterocycles. The lowest BCUT2D eigenvalue weighted by atomic mass is 10.2. The topological polar surface area (TPSA) is 43.2 Å². The van der Waals surface area contributed by atoms with Crippen molar-refractivity contribution < 1.29 is 4.74 Å². The maximum absolute atomic E-state index is 5.16. The Morgan fingerprint density at radius 2 is 2.22 bits per heavy atom. The van der Waals surface area contributed by atoms with Crippen molar-refractivity contribution in [1.29, 1.82) is 0 Å². The molecule has 0 fully saturated rings. The number of rotatable bonds is 5. The van der Waals surface area contributed by atoms with Crippen molar-refractivity contribution in [1.82, 2.24) is 14.8 Å². The van der Waals surface area contributed by atoms with Crippen LogP contribution in [-0.4, -0.2) is 35.0 Å². The van der Waals surface area contributed by atoms with Crippen molar-refractivity contribution in [3.8, 4) is 0 Å². The largest absolute Gasteiger partial charge is 0.383 e. The summed E-state index contributed by atoms with van der Waals surface area (Å²) in [6.07, 6.45) is 1.70. The van der Waals surface area contributed by atoms with Crippen LogP contribution in [0.5, 0.6) is 0 Å². The van der Waals surface area contributed by atoms with Gasteiger partial charge in [-0.2, -0.15) is 0 Å². The van der Waals surface area contributed by atoms with Gasteiger partial charge in [0.2, 0.25) is 5.95 Å². The predicted octanol–water partition coefficient (Wildman–Crippen LogP) is 1.91. The van der Waals surface area contributed by atoms with Gasteiger partial charge in [0, 0.05) is 26.4 Å². The first-order valence-corrected chi connectivity index (χ1v) is 5.89.